The maximum Gasteiger partial charge on any atom is 0.137 e. The molecule has 104 valence electrons. The molecule has 4 aromatic rings. The first-order valence-corrected chi connectivity index (χ1v) is 7.63. The van der Waals surface area contributed by atoms with Crippen LogP contribution in [0.5, 0.6) is 5.75 Å². The van der Waals surface area contributed by atoms with Crippen molar-refractivity contribution >= 4 is 60.2 Å². The molecule has 0 spiro atoms. The van der Waals surface area contributed by atoms with Crippen LogP contribution in [0, 0.1) is 0 Å². The Kier molecular flexibility index (Phi) is 2.88. The van der Waals surface area contributed by atoms with Gasteiger partial charge in [-0.15, -0.1) is 0 Å². The molecule has 0 amide bonds. The van der Waals surface area contributed by atoms with Crippen molar-refractivity contribution in [1.29, 1.82) is 0 Å². The molecule has 0 aliphatic carbocycles. The lowest BCUT2D eigenvalue weighted by Gasteiger charge is -2.05. The number of fused-ring (bicyclic) bond motifs is 4. The minimum Gasteiger partial charge on any atom is -0.497 e. The number of furan rings is 1. The zero-order chi connectivity index (χ0) is 14.6. The number of methoxy groups -OCH3 is 1. The lowest BCUT2D eigenvalue weighted by atomic mass is 10.1. The van der Waals surface area contributed by atoms with Crippen LogP contribution >= 0.6 is 27.5 Å². The Bertz CT molecular complexity index is 1000. The fourth-order valence-corrected chi connectivity index (χ4v) is 3.60. The van der Waals surface area contributed by atoms with Crippen molar-refractivity contribution in [3.05, 3.63) is 52.0 Å². The summed E-state index contributed by atoms with van der Waals surface area (Å²) < 4.78 is 12.2. The van der Waals surface area contributed by atoms with E-state index in [9.17, 15) is 0 Å². The number of ether oxygens (including phenoxy) is 1. The van der Waals surface area contributed by atoms with E-state index in [-0.39, 0.29) is 0 Å². The summed E-state index contributed by atoms with van der Waals surface area (Å²) in [5, 5.41) is 4.61. The van der Waals surface area contributed by atoms with E-state index in [1.165, 1.54) is 0 Å². The fourth-order valence-electron chi connectivity index (χ4n) is 2.70. The van der Waals surface area contributed by atoms with E-state index < -0.39 is 0 Å². The topological polar surface area (TPSA) is 22.4 Å². The molecule has 4 rings (SSSR count). The van der Waals surface area contributed by atoms with Gasteiger partial charge in [0.1, 0.15) is 16.9 Å². The van der Waals surface area contributed by atoms with Crippen LogP contribution in [-0.2, 0) is 0 Å². The van der Waals surface area contributed by atoms with Gasteiger partial charge in [0.25, 0.3) is 0 Å². The normalized spacial score (nSPS) is 11.6. The Morgan fingerprint density at radius 3 is 2.71 bits per heavy atom. The van der Waals surface area contributed by atoms with E-state index in [1.807, 2.05) is 42.5 Å². The lowest BCUT2D eigenvalue weighted by Crippen LogP contribution is -1.83. The molecule has 0 saturated heterocycles. The van der Waals surface area contributed by atoms with Gasteiger partial charge in [-0.05, 0) is 35.7 Å². The number of rotatable bonds is 1. The van der Waals surface area contributed by atoms with Crippen LogP contribution in [0.15, 0.2) is 51.4 Å². The van der Waals surface area contributed by atoms with Crippen LogP contribution in [0.4, 0.5) is 0 Å². The number of hydrogen-bond donors (Lipinski definition) is 0. The molecule has 2 nitrogen and oxygen atoms in total. The average Bonchev–Trinajstić information content (AvgIpc) is 2.87. The third kappa shape index (κ3) is 1.84. The van der Waals surface area contributed by atoms with Gasteiger partial charge in [0.15, 0.2) is 0 Å². The van der Waals surface area contributed by atoms with E-state index in [2.05, 4.69) is 15.9 Å². The molecular formula is C17H10BrClO2. The summed E-state index contributed by atoms with van der Waals surface area (Å²) in [7, 11) is 1.65. The van der Waals surface area contributed by atoms with E-state index >= 15 is 0 Å². The summed E-state index contributed by atoms with van der Waals surface area (Å²) >= 11 is 10.2. The lowest BCUT2D eigenvalue weighted by molar-refractivity contribution is 0.415. The van der Waals surface area contributed by atoms with Crippen LogP contribution in [0.3, 0.4) is 0 Å². The minimum absolute atomic E-state index is 0.687. The summed E-state index contributed by atoms with van der Waals surface area (Å²) in [6, 6.07) is 13.8. The predicted octanol–water partition coefficient (Wildman–Crippen LogP) is 6.16. The Hall–Kier alpha value is -1.71. The molecule has 1 aromatic heterocycles. The fraction of sp³-hybridized carbons (Fsp3) is 0.0588. The van der Waals surface area contributed by atoms with Crippen molar-refractivity contribution in [2.24, 2.45) is 0 Å². The third-order valence-electron chi connectivity index (χ3n) is 3.69. The van der Waals surface area contributed by atoms with Gasteiger partial charge in [-0.2, -0.15) is 0 Å². The molecule has 0 bridgehead atoms. The van der Waals surface area contributed by atoms with Gasteiger partial charge in [-0.1, -0.05) is 39.7 Å². The summed E-state index contributed by atoms with van der Waals surface area (Å²) in [4.78, 5) is 0. The highest BCUT2D eigenvalue weighted by Gasteiger charge is 2.16. The predicted molar refractivity (Wildman–Crippen MR) is 90.5 cm³/mol. The van der Waals surface area contributed by atoms with Gasteiger partial charge in [0, 0.05) is 20.6 Å². The highest BCUT2D eigenvalue weighted by atomic mass is 79.9. The van der Waals surface area contributed by atoms with Crippen molar-refractivity contribution < 1.29 is 9.15 Å². The maximum atomic E-state index is 6.66. The van der Waals surface area contributed by atoms with Gasteiger partial charge >= 0.3 is 0 Å². The first kappa shape index (κ1) is 13.0. The van der Waals surface area contributed by atoms with Gasteiger partial charge in [-0.25, -0.2) is 0 Å². The molecule has 0 aliphatic rings. The molecule has 0 radical (unpaired) electrons. The Morgan fingerprint density at radius 2 is 1.90 bits per heavy atom. The molecule has 4 heteroatoms. The van der Waals surface area contributed by atoms with E-state index in [0.717, 1.165) is 42.9 Å². The van der Waals surface area contributed by atoms with Crippen LogP contribution in [-0.4, -0.2) is 7.11 Å². The molecular weight excluding hydrogens is 352 g/mol. The summed E-state index contributed by atoms with van der Waals surface area (Å²) in [5.74, 6) is 0.788. The van der Waals surface area contributed by atoms with Crippen LogP contribution < -0.4 is 4.74 Å². The minimum atomic E-state index is 0.687. The number of halogens is 2. The zero-order valence-corrected chi connectivity index (χ0v) is 13.5. The highest BCUT2D eigenvalue weighted by Crippen LogP contribution is 2.42. The van der Waals surface area contributed by atoms with Crippen molar-refractivity contribution in [3.63, 3.8) is 0 Å². The molecule has 0 fully saturated rings. The van der Waals surface area contributed by atoms with Crippen LogP contribution in [0.25, 0.3) is 32.7 Å². The second-order valence-electron chi connectivity index (χ2n) is 4.87. The van der Waals surface area contributed by atoms with Crippen molar-refractivity contribution in [2.75, 3.05) is 7.11 Å². The Labute approximate surface area is 134 Å². The van der Waals surface area contributed by atoms with E-state index in [1.54, 1.807) is 7.11 Å². The summed E-state index contributed by atoms with van der Waals surface area (Å²) in [6.07, 6.45) is 0. The number of hydrogen-bond acceptors (Lipinski definition) is 2. The monoisotopic (exact) mass is 360 g/mol. The summed E-state index contributed by atoms with van der Waals surface area (Å²) in [6.45, 7) is 0. The third-order valence-corrected chi connectivity index (χ3v) is 4.75. The molecule has 0 saturated carbocycles. The second kappa shape index (κ2) is 4.65. The van der Waals surface area contributed by atoms with E-state index in [4.69, 9.17) is 20.8 Å². The van der Waals surface area contributed by atoms with E-state index in [0.29, 0.717) is 5.02 Å². The van der Waals surface area contributed by atoms with Crippen molar-refractivity contribution in [1.82, 2.24) is 0 Å². The van der Waals surface area contributed by atoms with Gasteiger partial charge in [-0.3, -0.25) is 0 Å². The largest absolute Gasteiger partial charge is 0.497 e. The summed E-state index contributed by atoms with van der Waals surface area (Å²) in [5.41, 5.74) is 1.61. The molecule has 0 atom stereocenters. The van der Waals surface area contributed by atoms with Gasteiger partial charge < -0.3 is 9.15 Å². The second-order valence-corrected chi connectivity index (χ2v) is 6.10. The van der Waals surface area contributed by atoms with Gasteiger partial charge in [0.2, 0.25) is 0 Å². The Balaban J connectivity index is 2.25. The van der Waals surface area contributed by atoms with Crippen molar-refractivity contribution in [2.45, 2.75) is 0 Å². The first-order valence-electron chi connectivity index (χ1n) is 6.46. The zero-order valence-electron chi connectivity index (χ0n) is 11.1. The van der Waals surface area contributed by atoms with Crippen LogP contribution in [0.1, 0.15) is 0 Å². The average molecular weight is 362 g/mol. The quantitative estimate of drug-likeness (QED) is 0.405. The molecule has 0 unspecified atom stereocenters. The standard InChI is InChI=1S/C17H10BrClO2/c1-20-10-6-5-9-7-14-16(17(19)11(9)8-10)15-12(18)3-2-4-13(15)21-14/h2-8H,1H3. The smallest absolute Gasteiger partial charge is 0.137 e. The first-order chi connectivity index (χ1) is 10.2. The maximum absolute atomic E-state index is 6.66. The molecule has 0 aliphatic heterocycles. The van der Waals surface area contributed by atoms with Crippen molar-refractivity contribution in [3.8, 4) is 5.75 Å². The molecule has 1 heterocycles. The SMILES string of the molecule is COc1ccc2cc3oc4cccc(Br)c4c3c(Cl)c2c1. The van der Waals surface area contributed by atoms with Crippen LogP contribution in [0.2, 0.25) is 5.02 Å². The molecule has 0 N–H and O–H groups in total. The molecule has 3 aromatic carbocycles. The Morgan fingerprint density at radius 1 is 1.05 bits per heavy atom. The van der Waals surface area contributed by atoms with Gasteiger partial charge in [0.05, 0.1) is 12.1 Å². The number of benzene rings is 3. The molecule has 21 heavy (non-hydrogen) atoms. The highest BCUT2D eigenvalue weighted by molar-refractivity contribution is 9.10.